The number of carboxylic acid groups (broad SMARTS) is 1. The number of benzene rings is 1. The summed E-state index contributed by atoms with van der Waals surface area (Å²) < 4.78 is 44.6. The van der Waals surface area contributed by atoms with Gasteiger partial charge in [0.05, 0.1) is 18.4 Å². The lowest BCUT2D eigenvalue weighted by atomic mass is 10.1. The van der Waals surface area contributed by atoms with Crippen LogP contribution in [-0.4, -0.2) is 74.3 Å². The van der Waals surface area contributed by atoms with Crippen molar-refractivity contribution < 1.29 is 27.4 Å². The molecule has 1 N–H and O–H groups in total. The maximum absolute atomic E-state index is 13.1. The third kappa shape index (κ3) is 5.00. The fourth-order valence-electron chi connectivity index (χ4n) is 3.17. The molecule has 0 amide bonds. The lowest BCUT2D eigenvalue weighted by Gasteiger charge is -2.29. The van der Waals surface area contributed by atoms with Gasteiger partial charge >= 0.3 is 5.97 Å². The zero-order chi connectivity index (χ0) is 19.3. The molecular weight excluding hydrogens is 363 g/mol. The van der Waals surface area contributed by atoms with Gasteiger partial charge in [0.1, 0.15) is 11.9 Å². The Balaban J connectivity index is 2.05. The molecule has 2 atom stereocenters. The van der Waals surface area contributed by atoms with Crippen molar-refractivity contribution >= 4 is 16.0 Å². The van der Waals surface area contributed by atoms with Crippen LogP contribution in [-0.2, 0) is 19.6 Å². The molecule has 1 aliphatic heterocycles. The number of carboxylic acids is 1. The lowest BCUT2D eigenvalue weighted by Crippen LogP contribution is -2.43. The number of sulfonamides is 1. The summed E-state index contributed by atoms with van der Waals surface area (Å²) in [6.07, 6.45) is 0.889. The highest BCUT2D eigenvalue weighted by atomic mass is 32.2. The first-order chi connectivity index (χ1) is 12.3. The molecule has 1 heterocycles. The van der Waals surface area contributed by atoms with Gasteiger partial charge in [0.2, 0.25) is 10.0 Å². The normalized spacial score (nSPS) is 19.8. The minimum Gasteiger partial charge on any atom is -0.480 e. The maximum atomic E-state index is 13.1. The van der Waals surface area contributed by atoms with E-state index in [9.17, 15) is 22.7 Å². The van der Waals surface area contributed by atoms with Crippen molar-refractivity contribution in [3.05, 3.63) is 35.6 Å². The van der Waals surface area contributed by atoms with E-state index >= 15 is 0 Å². The number of likely N-dealkylation sites (N-methyl/N-ethyl adjacent to an activating group) is 1. The number of methoxy groups -OCH3 is 1. The Morgan fingerprint density at radius 2 is 2.08 bits per heavy atom. The van der Waals surface area contributed by atoms with Crippen LogP contribution in [0.3, 0.4) is 0 Å². The van der Waals surface area contributed by atoms with Crippen molar-refractivity contribution in [1.82, 2.24) is 9.21 Å². The first kappa shape index (κ1) is 20.8. The summed E-state index contributed by atoms with van der Waals surface area (Å²) in [5.41, 5.74) is 0.817. The predicted molar refractivity (Wildman–Crippen MR) is 94.8 cm³/mol. The molecule has 0 bridgehead atoms. The largest absolute Gasteiger partial charge is 0.480 e. The van der Waals surface area contributed by atoms with Crippen LogP contribution in [0.4, 0.5) is 4.39 Å². The number of carbonyl (C=O) groups is 1. The van der Waals surface area contributed by atoms with Gasteiger partial charge in [-0.05, 0) is 37.6 Å². The van der Waals surface area contributed by atoms with Gasteiger partial charge in [-0.15, -0.1) is 0 Å². The van der Waals surface area contributed by atoms with Crippen molar-refractivity contribution in [2.75, 3.05) is 39.6 Å². The number of aliphatic carboxylic acids is 1. The average molecular weight is 388 g/mol. The van der Waals surface area contributed by atoms with E-state index in [0.717, 1.165) is 9.87 Å². The van der Waals surface area contributed by atoms with Gasteiger partial charge in [-0.1, -0.05) is 12.1 Å². The summed E-state index contributed by atoms with van der Waals surface area (Å²) in [7, 11) is -0.367. The fourth-order valence-corrected chi connectivity index (χ4v) is 4.92. The molecule has 1 fully saturated rings. The maximum Gasteiger partial charge on any atom is 0.322 e. The first-order valence-electron chi connectivity index (χ1n) is 8.43. The van der Waals surface area contributed by atoms with Gasteiger partial charge in [0, 0.05) is 20.2 Å². The van der Waals surface area contributed by atoms with E-state index < -0.39 is 22.0 Å². The van der Waals surface area contributed by atoms with Crippen LogP contribution in [0.1, 0.15) is 24.4 Å². The zero-order valence-electron chi connectivity index (χ0n) is 15.0. The van der Waals surface area contributed by atoms with E-state index in [1.807, 2.05) is 4.90 Å². The standard InChI is InChI=1S/C17H25FN2O5S/c1-19(16(12-25-2)13-5-7-14(18)8-6-13)10-11-26(23,24)20-9-3-4-15(20)17(21)22/h5-8,15-16H,3-4,9-12H2,1-2H3,(H,21,22). The topological polar surface area (TPSA) is 87.2 Å². The van der Waals surface area contributed by atoms with E-state index in [0.29, 0.717) is 19.4 Å². The lowest BCUT2D eigenvalue weighted by molar-refractivity contribution is -0.140. The van der Waals surface area contributed by atoms with Gasteiger partial charge in [-0.25, -0.2) is 12.8 Å². The molecule has 2 unspecified atom stereocenters. The third-order valence-electron chi connectivity index (χ3n) is 4.66. The highest BCUT2D eigenvalue weighted by Gasteiger charge is 2.38. The number of hydrogen-bond acceptors (Lipinski definition) is 5. The molecule has 146 valence electrons. The molecule has 9 heteroatoms. The SMILES string of the molecule is COCC(c1ccc(F)cc1)N(C)CCS(=O)(=O)N1CCCC1C(=O)O. The minimum absolute atomic E-state index is 0.186. The van der Waals surface area contributed by atoms with E-state index in [-0.39, 0.29) is 30.7 Å². The van der Waals surface area contributed by atoms with Crippen molar-refractivity contribution in [2.24, 2.45) is 0 Å². The number of rotatable bonds is 9. The van der Waals surface area contributed by atoms with Crippen LogP contribution in [0.5, 0.6) is 0 Å². The Kier molecular flexibility index (Phi) is 7.10. The molecule has 1 aromatic rings. The number of nitrogens with zero attached hydrogens (tertiary/aromatic N) is 2. The summed E-state index contributed by atoms with van der Waals surface area (Å²) in [5, 5.41) is 9.19. The van der Waals surface area contributed by atoms with E-state index in [4.69, 9.17) is 4.74 Å². The zero-order valence-corrected chi connectivity index (χ0v) is 15.8. The van der Waals surface area contributed by atoms with Gasteiger partial charge in [-0.2, -0.15) is 4.31 Å². The Morgan fingerprint density at radius 3 is 2.65 bits per heavy atom. The molecule has 2 rings (SSSR count). The Bertz CT molecular complexity index is 710. The average Bonchev–Trinajstić information content (AvgIpc) is 3.10. The first-order valence-corrected chi connectivity index (χ1v) is 10.0. The summed E-state index contributed by atoms with van der Waals surface area (Å²) in [4.78, 5) is 13.1. The van der Waals surface area contributed by atoms with Crippen LogP contribution < -0.4 is 0 Å². The number of ether oxygens (including phenoxy) is 1. The van der Waals surface area contributed by atoms with Gasteiger partial charge in [-0.3, -0.25) is 9.69 Å². The van der Waals surface area contributed by atoms with Crippen molar-refractivity contribution in [1.29, 1.82) is 0 Å². The molecule has 0 spiro atoms. The van der Waals surface area contributed by atoms with Crippen LogP contribution in [0, 0.1) is 5.82 Å². The Labute approximate surface area is 153 Å². The molecule has 1 aromatic carbocycles. The van der Waals surface area contributed by atoms with Crippen molar-refractivity contribution in [2.45, 2.75) is 24.9 Å². The summed E-state index contributed by atoms with van der Waals surface area (Å²) in [6, 6.07) is 4.78. The van der Waals surface area contributed by atoms with Crippen LogP contribution in [0.2, 0.25) is 0 Å². The second-order valence-corrected chi connectivity index (χ2v) is 8.47. The quantitative estimate of drug-likeness (QED) is 0.687. The summed E-state index contributed by atoms with van der Waals surface area (Å²) in [6.45, 7) is 0.767. The monoisotopic (exact) mass is 388 g/mol. The second kappa shape index (κ2) is 8.90. The molecule has 0 saturated carbocycles. The van der Waals surface area contributed by atoms with Gasteiger partial charge in [0.15, 0.2) is 0 Å². The fraction of sp³-hybridized carbons (Fsp3) is 0.588. The van der Waals surface area contributed by atoms with E-state index in [1.54, 1.807) is 26.3 Å². The number of halogens is 1. The summed E-state index contributed by atoms with van der Waals surface area (Å²) in [5.74, 6) is -1.64. The molecule has 1 aliphatic rings. The van der Waals surface area contributed by atoms with Crippen LogP contribution in [0.25, 0.3) is 0 Å². The third-order valence-corrected chi connectivity index (χ3v) is 6.51. The van der Waals surface area contributed by atoms with Gasteiger partial charge < -0.3 is 9.84 Å². The predicted octanol–water partition coefficient (Wildman–Crippen LogP) is 1.32. The Morgan fingerprint density at radius 1 is 1.42 bits per heavy atom. The van der Waals surface area contributed by atoms with Crippen LogP contribution in [0.15, 0.2) is 24.3 Å². The molecule has 26 heavy (non-hydrogen) atoms. The number of hydrogen-bond donors (Lipinski definition) is 1. The highest BCUT2D eigenvalue weighted by Crippen LogP contribution is 2.23. The summed E-state index contributed by atoms with van der Waals surface area (Å²) >= 11 is 0. The molecular formula is C17H25FN2O5S. The minimum atomic E-state index is -3.68. The molecule has 0 aliphatic carbocycles. The second-order valence-electron chi connectivity index (χ2n) is 6.43. The smallest absolute Gasteiger partial charge is 0.322 e. The van der Waals surface area contributed by atoms with Crippen molar-refractivity contribution in [3.63, 3.8) is 0 Å². The highest BCUT2D eigenvalue weighted by molar-refractivity contribution is 7.89. The molecule has 7 nitrogen and oxygen atoms in total. The molecule has 0 radical (unpaired) electrons. The van der Waals surface area contributed by atoms with E-state index in [2.05, 4.69) is 0 Å². The van der Waals surface area contributed by atoms with E-state index in [1.165, 1.54) is 12.1 Å². The Hall–Kier alpha value is -1.55. The van der Waals surface area contributed by atoms with Crippen molar-refractivity contribution in [3.8, 4) is 0 Å². The molecule has 1 saturated heterocycles. The van der Waals surface area contributed by atoms with Crippen LogP contribution >= 0.6 is 0 Å². The molecule has 0 aromatic heterocycles. The van der Waals surface area contributed by atoms with Gasteiger partial charge in [0.25, 0.3) is 0 Å².